The van der Waals surface area contributed by atoms with Gasteiger partial charge in [0.05, 0.1) is 27.5 Å². The van der Waals surface area contributed by atoms with E-state index in [9.17, 15) is 13.2 Å². The maximum Gasteiger partial charge on any atom is 0.291 e. The summed E-state index contributed by atoms with van der Waals surface area (Å²) in [6.07, 6.45) is 1.85. The molecule has 2 heterocycles. The van der Waals surface area contributed by atoms with Crippen molar-refractivity contribution in [2.45, 2.75) is 31.7 Å². The van der Waals surface area contributed by atoms with E-state index < -0.39 is 15.6 Å². The lowest BCUT2D eigenvalue weighted by molar-refractivity contribution is 0.544. The summed E-state index contributed by atoms with van der Waals surface area (Å²) in [6, 6.07) is 7.72. The normalized spacial score (nSPS) is 11.7. The zero-order valence-corrected chi connectivity index (χ0v) is 18.1. The van der Waals surface area contributed by atoms with Gasteiger partial charge in [0, 0.05) is 18.8 Å². The third kappa shape index (κ3) is 4.87. The molecule has 154 valence electrons. The maximum absolute atomic E-state index is 12.5. The van der Waals surface area contributed by atoms with Crippen molar-refractivity contribution in [2.75, 3.05) is 6.54 Å². The maximum atomic E-state index is 12.5. The minimum absolute atomic E-state index is 0.0526. The van der Waals surface area contributed by atoms with Gasteiger partial charge in [-0.3, -0.25) is 9.48 Å². The van der Waals surface area contributed by atoms with Gasteiger partial charge in [-0.25, -0.2) is 13.1 Å². The van der Waals surface area contributed by atoms with Gasteiger partial charge in [0.15, 0.2) is 0 Å². The van der Waals surface area contributed by atoms with Crippen LogP contribution in [0.2, 0.25) is 10.0 Å². The Morgan fingerprint density at radius 1 is 1.14 bits per heavy atom. The number of rotatable bonds is 7. The van der Waals surface area contributed by atoms with E-state index in [1.807, 2.05) is 24.6 Å². The van der Waals surface area contributed by atoms with Crippen LogP contribution in [0.25, 0.3) is 5.69 Å². The molecule has 3 rings (SSSR count). The van der Waals surface area contributed by atoms with Crippen molar-refractivity contribution in [1.82, 2.24) is 24.3 Å². The zero-order chi connectivity index (χ0) is 21.2. The molecule has 0 aliphatic rings. The lowest BCUT2D eigenvalue weighted by Crippen LogP contribution is -2.26. The van der Waals surface area contributed by atoms with E-state index in [1.54, 1.807) is 0 Å². The van der Waals surface area contributed by atoms with Gasteiger partial charge in [0.2, 0.25) is 10.0 Å². The fourth-order valence-electron chi connectivity index (χ4n) is 2.78. The summed E-state index contributed by atoms with van der Waals surface area (Å²) in [5.74, 6) is 0. The molecule has 29 heavy (non-hydrogen) atoms. The minimum Gasteiger partial charge on any atom is -0.270 e. The van der Waals surface area contributed by atoms with E-state index in [0.717, 1.165) is 16.1 Å². The SMILES string of the molecule is Cc1cc(C)n(CCCNS(=O)(=O)c2ccc(-n3ncc(Cl)c(Cl)c3=O)cc2)n1. The van der Waals surface area contributed by atoms with E-state index >= 15 is 0 Å². The number of nitrogens with one attached hydrogen (secondary N) is 1. The fourth-order valence-corrected chi connectivity index (χ4v) is 4.11. The van der Waals surface area contributed by atoms with Crippen molar-refractivity contribution in [1.29, 1.82) is 0 Å². The first-order chi connectivity index (χ1) is 13.7. The van der Waals surface area contributed by atoms with Gasteiger partial charge in [-0.15, -0.1) is 0 Å². The molecule has 2 aromatic heterocycles. The highest BCUT2D eigenvalue weighted by Gasteiger charge is 2.15. The molecule has 0 unspecified atom stereocenters. The molecule has 1 aromatic carbocycles. The summed E-state index contributed by atoms with van der Waals surface area (Å²) < 4.78 is 30.4. The Hall–Kier alpha value is -2.20. The summed E-state index contributed by atoms with van der Waals surface area (Å²) in [5.41, 5.74) is 1.75. The molecule has 0 amide bonds. The predicted molar refractivity (Wildman–Crippen MR) is 111 cm³/mol. The average molecular weight is 456 g/mol. The summed E-state index contributed by atoms with van der Waals surface area (Å²) in [6.45, 7) is 4.76. The van der Waals surface area contributed by atoms with Crippen LogP contribution >= 0.6 is 23.2 Å². The Morgan fingerprint density at radius 2 is 1.83 bits per heavy atom. The van der Waals surface area contributed by atoms with Crippen molar-refractivity contribution in [3.63, 3.8) is 0 Å². The zero-order valence-electron chi connectivity index (χ0n) is 15.8. The van der Waals surface area contributed by atoms with Crippen molar-refractivity contribution in [3.8, 4) is 5.69 Å². The Morgan fingerprint density at radius 3 is 2.45 bits per heavy atom. The topological polar surface area (TPSA) is 98.9 Å². The third-order valence-corrected chi connectivity index (χ3v) is 6.44. The molecule has 0 spiro atoms. The van der Waals surface area contributed by atoms with E-state index in [2.05, 4.69) is 14.9 Å². The molecule has 0 aliphatic carbocycles. The van der Waals surface area contributed by atoms with E-state index in [4.69, 9.17) is 23.2 Å². The van der Waals surface area contributed by atoms with Crippen LogP contribution in [-0.2, 0) is 16.6 Å². The molecule has 3 aromatic rings. The quantitative estimate of drug-likeness (QED) is 0.552. The number of hydrogen-bond donors (Lipinski definition) is 1. The van der Waals surface area contributed by atoms with E-state index in [1.165, 1.54) is 30.5 Å². The highest BCUT2D eigenvalue weighted by molar-refractivity contribution is 7.89. The first-order valence-electron chi connectivity index (χ1n) is 8.73. The van der Waals surface area contributed by atoms with E-state index in [0.29, 0.717) is 18.7 Å². The number of hydrogen-bond acceptors (Lipinski definition) is 5. The van der Waals surface area contributed by atoms with Crippen molar-refractivity contribution in [2.24, 2.45) is 0 Å². The van der Waals surface area contributed by atoms with Gasteiger partial charge in [-0.2, -0.15) is 14.9 Å². The van der Waals surface area contributed by atoms with Crippen LogP contribution in [0.3, 0.4) is 0 Å². The largest absolute Gasteiger partial charge is 0.291 e. The number of sulfonamides is 1. The number of nitrogens with zero attached hydrogens (tertiary/aromatic N) is 4. The van der Waals surface area contributed by atoms with Crippen LogP contribution in [0.15, 0.2) is 46.2 Å². The van der Waals surface area contributed by atoms with Crippen LogP contribution in [-0.4, -0.2) is 34.5 Å². The number of benzene rings is 1. The van der Waals surface area contributed by atoms with Crippen molar-refractivity contribution in [3.05, 3.63) is 68.3 Å². The van der Waals surface area contributed by atoms with Crippen LogP contribution in [0, 0.1) is 13.8 Å². The van der Waals surface area contributed by atoms with Crippen LogP contribution in [0.4, 0.5) is 0 Å². The number of halogens is 2. The van der Waals surface area contributed by atoms with Gasteiger partial charge in [-0.05, 0) is 50.6 Å². The minimum atomic E-state index is -3.68. The fraction of sp³-hybridized carbons (Fsp3) is 0.278. The molecule has 0 bridgehead atoms. The van der Waals surface area contributed by atoms with Gasteiger partial charge < -0.3 is 0 Å². The highest BCUT2D eigenvalue weighted by atomic mass is 35.5. The van der Waals surface area contributed by atoms with E-state index in [-0.39, 0.29) is 21.5 Å². The molecule has 8 nitrogen and oxygen atoms in total. The summed E-state index contributed by atoms with van der Waals surface area (Å²) in [7, 11) is -3.68. The van der Waals surface area contributed by atoms with Crippen molar-refractivity contribution < 1.29 is 8.42 Å². The molecule has 0 radical (unpaired) electrons. The molecule has 0 fully saturated rings. The first kappa shape index (κ1) is 21.5. The number of aryl methyl sites for hydroxylation is 3. The van der Waals surface area contributed by atoms with Crippen LogP contribution in [0.1, 0.15) is 17.8 Å². The second-order valence-electron chi connectivity index (χ2n) is 6.42. The Bertz CT molecular complexity index is 1190. The molecular formula is C18H19Cl2N5O3S. The Kier molecular flexibility index (Phi) is 6.42. The second-order valence-corrected chi connectivity index (χ2v) is 8.97. The summed E-state index contributed by atoms with van der Waals surface area (Å²) >= 11 is 11.6. The van der Waals surface area contributed by atoms with Gasteiger partial charge >= 0.3 is 0 Å². The average Bonchev–Trinajstić information content (AvgIpc) is 3.01. The first-order valence-corrected chi connectivity index (χ1v) is 11.0. The monoisotopic (exact) mass is 455 g/mol. The number of aromatic nitrogens is 4. The lowest BCUT2D eigenvalue weighted by Gasteiger charge is -2.09. The smallest absolute Gasteiger partial charge is 0.270 e. The molecule has 11 heteroatoms. The van der Waals surface area contributed by atoms with Gasteiger partial charge in [0.25, 0.3) is 5.56 Å². The van der Waals surface area contributed by atoms with Gasteiger partial charge in [0.1, 0.15) is 5.02 Å². The standard InChI is InChI=1S/C18H19Cl2N5O3S/c1-12-10-13(2)24(23-12)9-3-8-22-29(27,28)15-6-4-14(5-7-15)25-18(26)17(20)16(19)11-21-25/h4-7,10-11,22H,3,8-9H2,1-2H3. The molecule has 0 saturated heterocycles. The molecule has 0 aliphatic heterocycles. The van der Waals surface area contributed by atoms with Crippen LogP contribution < -0.4 is 10.3 Å². The van der Waals surface area contributed by atoms with Crippen molar-refractivity contribution >= 4 is 33.2 Å². The predicted octanol–water partition coefficient (Wildman–Crippen LogP) is 2.72. The summed E-state index contributed by atoms with van der Waals surface area (Å²) in [4.78, 5) is 12.2. The molecule has 0 saturated carbocycles. The van der Waals surface area contributed by atoms with Crippen LogP contribution in [0.5, 0.6) is 0 Å². The lowest BCUT2D eigenvalue weighted by atomic mass is 10.3. The Balaban J connectivity index is 1.66. The molecule has 0 atom stereocenters. The Labute approximate surface area is 178 Å². The van der Waals surface area contributed by atoms with Gasteiger partial charge in [-0.1, -0.05) is 23.2 Å². The second kappa shape index (κ2) is 8.66. The molecule has 1 N–H and O–H groups in total. The highest BCUT2D eigenvalue weighted by Crippen LogP contribution is 2.17. The molecular weight excluding hydrogens is 437 g/mol. The third-order valence-electron chi connectivity index (χ3n) is 4.21. The summed E-state index contributed by atoms with van der Waals surface area (Å²) in [5, 5.41) is 8.16.